The first-order chi connectivity index (χ1) is 13.4. The Morgan fingerprint density at radius 1 is 1.04 bits per heavy atom. The molecule has 2 rings (SSSR count). The van der Waals surface area contributed by atoms with Gasteiger partial charge in [-0.2, -0.15) is 5.10 Å². The molecule has 0 spiro atoms. The number of hydrazone groups is 1. The van der Waals surface area contributed by atoms with Crippen molar-refractivity contribution in [2.75, 3.05) is 19.0 Å². The second-order valence-electron chi connectivity index (χ2n) is 5.70. The Kier molecular flexibility index (Phi) is 8.10. The summed E-state index contributed by atoms with van der Waals surface area (Å²) in [6.45, 7) is 1.41. The minimum absolute atomic E-state index is 0.0153. The van der Waals surface area contributed by atoms with Crippen molar-refractivity contribution < 1.29 is 19.1 Å². The van der Waals surface area contributed by atoms with Crippen LogP contribution in [0, 0.1) is 0 Å². The van der Waals surface area contributed by atoms with Crippen LogP contribution in [0.1, 0.15) is 13.3 Å². The van der Waals surface area contributed by atoms with Crippen LogP contribution in [0.25, 0.3) is 0 Å². The maximum Gasteiger partial charge on any atom is 0.277 e. The standard InChI is InChI=1S/C19H19Cl2N3O4/c1-12(9-18(25)22-17-8-3-13(20)10-16(17)21)23-24-19(26)11-28-15-6-4-14(27-2)5-7-15/h3-8,10H,9,11H2,1-2H3,(H,22,25)(H,24,26)/b23-12-. The normalized spacial score (nSPS) is 10.9. The highest BCUT2D eigenvalue weighted by atomic mass is 35.5. The number of ether oxygens (including phenoxy) is 2. The lowest BCUT2D eigenvalue weighted by atomic mass is 10.2. The van der Waals surface area contributed by atoms with Gasteiger partial charge in [0.15, 0.2) is 6.61 Å². The zero-order valence-electron chi connectivity index (χ0n) is 15.3. The summed E-state index contributed by atoms with van der Waals surface area (Å²) < 4.78 is 10.4. The SMILES string of the molecule is COc1ccc(OCC(=O)N/N=C(/C)CC(=O)Nc2ccc(Cl)cc2Cl)cc1. The van der Waals surface area contributed by atoms with E-state index < -0.39 is 5.91 Å². The number of nitrogens with zero attached hydrogens (tertiary/aromatic N) is 1. The van der Waals surface area contributed by atoms with E-state index in [1.54, 1.807) is 50.4 Å². The molecule has 148 valence electrons. The van der Waals surface area contributed by atoms with Crippen molar-refractivity contribution in [3.63, 3.8) is 0 Å². The van der Waals surface area contributed by atoms with Gasteiger partial charge in [0.25, 0.3) is 5.91 Å². The van der Waals surface area contributed by atoms with Crippen LogP contribution in [0.3, 0.4) is 0 Å². The van der Waals surface area contributed by atoms with Gasteiger partial charge < -0.3 is 14.8 Å². The first-order valence-electron chi connectivity index (χ1n) is 8.21. The summed E-state index contributed by atoms with van der Waals surface area (Å²) in [5.41, 5.74) is 3.20. The molecule has 2 amide bonds. The molecular weight excluding hydrogens is 405 g/mol. The van der Waals surface area contributed by atoms with Gasteiger partial charge in [0, 0.05) is 10.7 Å². The predicted octanol–water partition coefficient (Wildman–Crippen LogP) is 3.90. The third-order valence-electron chi connectivity index (χ3n) is 3.42. The van der Waals surface area contributed by atoms with E-state index >= 15 is 0 Å². The summed E-state index contributed by atoms with van der Waals surface area (Å²) in [4.78, 5) is 23.8. The lowest BCUT2D eigenvalue weighted by Crippen LogP contribution is -2.26. The number of carbonyl (C=O) groups excluding carboxylic acids is 2. The summed E-state index contributed by atoms with van der Waals surface area (Å²) >= 11 is 11.8. The van der Waals surface area contributed by atoms with Crippen LogP contribution < -0.4 is 20.2 Å². The average Bonchev–Trinajstić information content (AvgIpc) is 2.67. The number of anilines is 1. The second kappa shape index (κ2) is 10.5. The Balaban J connectivity index is 1.77. The van der Waals surface area contributed by atoms with Crippen LogP contribution in [-0.4, -0.2) is 31.2 Å². The number of halogens is 2. The number of carbonyl (C=O) groups is 2. The molecule has 0 aliphatic rings. The Labute approximate surface area is 172 Å². The van der Waals surface area contributed by atoms with E-state index in [9.17, 15) is 9.59 Å². The summed E-state index contributed by atoms with van der Waals surface area (Å²) in [6, 6.07) is 11.6. The molecule has 0 aliphatic heterocycles. The number of hydrogen-bond acceptors (Lipinski definition) is 5. The minimum Gasteiger partial charge on any atom is -0.497 e. The maximum absolute atomic E-state index is 12.0. The molecule has 0 heterocycles. The highest BCUT2D eigenvalue weighted by molar-refractivity contribution is 6.36. The Morgan fingerprint density at radius 2 is 1.71 bits per heavy atom. The topological polar surface area (TPSA) is 89.0 Å². The van der Waals surface area contributed by atoms with Crippen LogP contribution in [0.4, 0.5) is 5.69 Å². The molecule has 0 aliphatic carbocycles. The van der Waals surface area contributed by atoms with Gasteiger partial charge in [-0.15, -0.1) is 0 Å². The lowest BCUT2D eigenvalue weighted by molar-refractivity contribution is -0.123. The van der Waals surface area contributed by atoms with Crippen LogP contribution in [-0.2, 0) is 9.59 Å². The molecule has 0 unspecified atom stereocenters. The van der Waals surface area contributed by atoms with Gasteiger partial charge >= 0.3 is 0 Å². The van der Waals surface area contributed by atoms with Crippen LogP contribution in [0.15, 0.2) is 47.6 Å². The fourth-order valence-electron chi connectivity index (χ4n) is 2.07. The molecule has 2 aromatic rings. The largest absolute Gasteiger partial charge is 0.497 e. The fraction of sp³-hybridized carbons (Fsp3) is 0.211. The molecule has 2 N–H and O–H groups in total. The molecule has 0 saturated heterocycles. The first-order valence-corrected chi connectivity index (χ1v) is 8.96. The molecule has 7 nitrogen and oxygen atoms in total. The quantitative estimate of drug-likeness (QED) is 0.497. The van der Waals surface area contributed by atoms with Crippen molar-refractivity contribution in [3.8, 4) is 11.5 Å². The fourth-order valence-corrected chi connectivity index (χ4v) is 2.52. The average molecular weight is 424 g/mol. The number of nitrogens with one attached hydrogen (secondary N) is 2. The minimum atomic E-state index is -0.448. The smallest absolute Gasteiger partial charge is 0.277 e. The molecule has 9 heteroatoms. The lowest BCUT2D eigenvalue weighted by Gasteiger charge is -2.08. The molecule has 28 heavy (non-hydrogen) atoms. The molecule has 0 atom stereocenters. The highest BCUT2D eigenvalue weighted by Crippen LogP contribution is 2.25. The summed E-state index contributed by atoms with van der Waals surface area (Å²) in [6.07, 6.45) is -0.0153. The Hall–Kier alpha value is -2.77. The molecular formula is C19H19Cl2N3O4. The van der Waals surface area contributed by atoms with E-state index in [1.165, 1.54) is 6.07 Å². The number of rotatable bonds is 8. The van der Waals surface area contributed by atoms with Crippen LogP contribution in [0.2, 0.25) is 10.0 Å². The zero-order valence-corrected chi connectivity index (χ0v) is 16.8. The molecule has 0 fully saturated rings. The van der Waals surface area contributed by atoms with Crippen LogP contribution >= 0.6 is 23.2 Å². The summed E-state index contributed by atoms with van der Waals surface area (Å²) in [7, 11) is 1.56. The Morgan fingerprint density at radius 3 is 2.36 bits per heavy atom. The number of hydrogen-bond donors (Lipinski definition) is 2. The Bertz CT molecular complexity index is 870. The van der Waals surface area contributed by atoms with E-state index in [0.29, 0.717) is 32.9 Å². The van der Waals surface area contributed by atoms with Crippen molar-refractivity contribution >= 4 is 46.4 Å². The van der Waals surface area contributed by atoms with E-state index in [2.05, 4.69) is 15.8 Å². The van der Waals surface area contributed by atoms with Gasteiger partial charge in [0.05, 0.1) is 24.2 Å². The van der Waals surface area contributed by atoms with Gasteiger partial charge in [-0.1, -0.05) is 23.2 Å². The van der Waals surface area contributed by atoms with Crippen molar-refractivity contribution in [3.05, 3.63) is 52.5 Å². The van der Waals surface area contributed by atoms with Crippen molar-refractivity contribution in [1.29, 1.82) is 0 Å². The number of amides is 2. The van der Waals surface area contributed by atoms with Crippen molar-refractivity contribution in [1.82, 2.24) is 5.43 Å². The zero-order chi connectivity index (χ0) is 20.5. The molecule has 0 aromatic heterocycles. The molecule has 0 saturated carbocycles. The van der Waals surface area contributed by atoms with Gasteiger partial charge in [0.1, 0.15) is 11.5 Å². The van der Waals surface area contributed by atoms with Crippen molar-refractivity contribution in [2.45, 2.75) is 13.3 Å². The van der Waals surface area contributed by atoms with Gasteiger partial charge in [0.2, 0.25) is 5.91 Å². The first kappa shape index (κ1) is 21.5. The van der Waals surface area contributed by atoms with Gasteiger partial charge in [-0.3, -0.25) is 9.59 Å². The third kappa shape index (κ3) is 7.09. The maximum atomic E-state index is 12.0. The summed E-state index contributed by atoms with van der Waals surface area (Å²) in [5, 5.41) is 7.34. The van der Waals surface area contributed by atoms with Crippen LogP contribution in [0.5, 0.6) is 11.5 Å². The van der Waals surface area contributed by atoms with Crippen molar-refractivity contribution in [2.24, 2.45) is 5.10 Å². The van der Waals surface area contributed by atoms with E-state index in [-0.39, 0.29) is 18.9 Å². The van der Waals surface area contributed by atoms with E-state index in [0.717, 1.165) is 0 Å². The predicted molar refractivity (Wildman–Crippen MR) is 109 cm³/mol. The van der Waals surface area contributed by atoms with E-state index in [1.807, 2.05) is 0 Å². The molecule has 2 aromatic carbocycles. The second-order valence-corrected chi connectivity index (χ2v) is 6.54. The van der Waals surface area contributed by atoms with Gasteiger partial charge in [-0.25, -0.2) is 5.43 Å². The van der Waals surface area contributed by atoms with Gasteiger partial charge in [-0.05, 0) is 49.4 Å². The van der Waals surface area contributed by atoms with E-state index in [4.69, 9.17) is 32.7 Å². The molecule has 0 bridgehead atoms. The summed E-state index contributed by atoms with van der Waals surface area (Å²) in [5.74, 6) is 0.441. The number of methoxy groups -OCH3 is 1. The third-order valence-corrected chi connectivity index (χ3v) is 3.97. The monoisotopic (exact) mass is 423 g/mol. The number of benzene rings is 2. The molecule has 0 radical (unpaired) electrons. The highest BCUT2D eigenvalue weighted by Gasteiger charge is 2.09.